The fourth-order valence-corrected chi connectivity index (χ4v) is 1.17. The molecule has 0 spiro atoms. The molecular formula is C5H7NO3. The largest absolute Gasteiger partial charge is 0.465 e. The van der Waals surface area contributed by atoms with Crippen molar-refractivity contribution in [2.75, 3.05) is 13.1 Å². The van der Waals surface area contributed by atoms with Crippen LogP contribution in [-0.2, 0) is 4.74 Å². The van der Waals surface area contributed by atoms with Gasteiger partial charge < -0.3 is 14.7 Å². The first-order chi connectivity index (χ1) is 4.27. The number of carboxylic acid groups (broad SMARTS) is 1. The normalized spacial score (nSPS) is 38.4. The standard InChI is InChI=1S/C5H7NO3/c7-5(8)6-1-3-4(2-6)9-3/h3-4H,1-2H2,(H,7,8). The Bertz CT molecular complexity index is 148. The number of ether oxygens (including phenoxy) is 1. The first-order valence-corrected chi connectivity index (χ1v) is 2.91. The van der Waals surface area contributed by atoms with Crippen LogP contribution in [0.2, 0.25) is 0 Å². The lowest BCUT2D eigenvalue weighted by Gasteiger charge is -2.11. The zero-order valence-electron chi connectivity index (χ0n) is 4.78. The lowest BCUT2D eigenvalue weighted by molar-refractivity contribution is 0.134. The minimum atomic E-state index is -0.828. The van der Waals surface area contributed by atoms with Crippen molar-refractivity contribution in [2.45, 2.75) is 12.2 Å². The van der Waals surface area contributed by atoms with Crippen molar-refractivity contribution in [3.63, 3.8) is 0 Å². The zero-order valence-corrected chi connectivity index (χ0v) is 4.78. The molecule has 2 aliphatic rings. The van der Waals surface area contributed by atoms with Gasteiger partial charge in [0.15, 0.2) is 0 Å². The number of hydrogen-bond donors (Lipinski definition) is 1. The van der Waals surface area contributed by atoms with Crippen molar-refractivity contribution >= 4 is 6.09 Å². The van der Waals surface area contributed by atoms with Crippen LogP contribution in [0, 0.1) is 0 Å². The number of amides is 1. The molecule has 50 valence electrons. The molecule has 2 fully saturated rings. The van der Waals surface area contributed by atoms with Gasteiger partial charge in [-0.15, -0.1) is 0 Å². The van der Waals surface area contributed by atoms with Crippen molar-refractivity contribution in [1.29, 1.82) is 0 Å². The van der Waals surface area contributed by atoms with Crippen LogP contribution in [0.3, 0.4) is 0 Å². The monoisotopic (exact) mass is 129 g/mol. The Hall–Kier alpha value is -0.770. The highest BCUT2D eigenvalue weighted by Gasteiger charge is 2.48. The lowest BCUT2D eigenvalue weighted by Crippen LogP contribution is -2.29. The maximum atomic E-state index is 10.2. The van der Waals surface area contributed by atoms with Crippen molar-refractivity contribution in [3.05, 3.63) is 0 Å². The van der Waals surface area contributed by atoms with Crippen LogP contribution in [0.5, 0.6) is 0 Å². The molecule has 9 heavy (non-hydrogen) atoms. The second-order valence-corrected chi connectivity index (χ2v) is 2.40. The summed E-state index contributed by atoms with van der Waals surface area (Å²) in [6, 6.07) is 0. The summed E-state index contributed by atoms with van der Waals surface area (Å²) in [6.07, 6.45) is -0.381. The smallest absolute Gasteiger partial charge is 0.407 e. The Labute approximate surface area is 52.0 Å². The zero-order chi connectivity index (χ0) is 6.43. The highest BCUT2D eigenvalue weighted by atomic mass is 16.6. The molecule has 2 atom stereocenters. The van der Waals surface area contributed by atoms with Crippen LogP contribution in [0.15, 0.2) is 0 Å². The molecule has 0 aromatic carbocycles. The van der Waals surface area contributed by atoms with Crippen molar-refractivity contribution in [2.24, 2.45) is 0 Å². The molecule has 1 amide bonds. The second kappa shape index (κ2) is 1.39. The van der Waals surface area contributed by atoms with Gasteiger partial charge in [0.1, 0.15) is 12.2 Å². The van der Waals surface area contributed by atoms with Gasteiger partial charge in [0.25, 0.3) is 0 Å². The van der Waals surface area contributed by atoms with Crippen molar-refractivity contribution < 1.29 is 14.6 Å². The number of epoxide rings is 1. The molecule has 0 aromatic heterocycles. The van der Waals surface area contributed by atoms with Gasteiger partial charge in [-0.3, -0.25) is 0 Å². The third-order valence-electron chi connectivity index (χ3n) is 1.76. The molecule has 2 heterocycles. The molecule has 0 radical (unpaired) electrons. The number of nitrogens with zero attached hydrogens (tertiary/aromatic N) is 1. The van der Waals surface area contributed by atoms with E-state index in [-0.39, 0.29) is 12.2 Å². The summed E-state index contributed by atoms with van der Waals surface area (Å²) < 4.78 is 5.03. The average molecular weight is 129 g/mol. The third-order valence-corrected chi connectivity index (χ3v) is 1.76. The summed E-state index contributed by atoms with van der Waals surface area (Å²) in [7, 11) is 0. The fraction of sp³-hybridized carbons (Fsp3) is 0.800. The van der Waals surface area contributed by atoms with Gasteiger partial charge in [-0.05, 0) is 0 Å². The fourth-order valence-electron chi connectivity index (χ4n) is 1.17. The molecule has 4 nitrogen and oxygen atoms in total. The quantitative estimate of drug-likeness (QED) is 0.459. The predicted octanol–water partition coefficient (Wildman–Crippen LogP) is -0.253. The Morgan fingerprint density at radius 1 is 1.56 bits per heavy atom. The summed E-state index contributed by atoms with van der Waals surface area (Å²) >= 11 is 0. The number of carbonyl (C=O) groups is 1. The summed E-state index contributed by atoms with van der Waals surface area (Å²) in [5.74, 6) is 0. The molecule has 0 saturated carbocycles. The Balaban J connectivity index is 1.97. The van der Waals surface area contributed by atoms with E-state index in [1.165, 1.54) is 4.90 Å². The molecular weight excluding hydrogens is 122 g/mol. The minimum Gasteiger partial charge on any atom is -0.465 e. The maximum absolute atomic E-state index is 10.2. The highest BCUT2D eigenvalue weighted by Crippen LogP contribution is 2.30. The number of rotatable bonds is 0. The minimum absolute atomic E-state index is 0.223. The van der Waals surface area contributed by atoms with Gasteiger partial charge in [0.05, 0.1) is 13.1 Å². The van der Waals surface area contributed by atoms with Crippen LogP contribution in [0.1, 0.15) is 0 Å². The summed E-state index contributed by atoms with van der Waals surface area (Å²) in [4.78, 5) is 11.6. The molecule has 2 aliphatic heterocycles. The van der Waals surface area contributed by atoms with E-state index in [2.05, 4.69) is 0 Å². The molecule has 4 heteroatoms. The number of fused-ring (bicyclic) bond motifs is 1. The van der Waals surface area contributed by atoms with E-state index < -0.39 is 6.09 Å². The molecule has 2 rings (SSSR count). The third kappa shape index (κ3) is 0.666. The molecule has 2 saturated heterocycles. The second-order valence-electron chi connectivity index (χ2n) is 2.40. The molecule has 2 unspecified atom stereocenters. The summed E-state index contributed by atoms with van der Waals surface area (Å²) in [5, 5.41) is 8.42. The predicted molar refractivity (Wildman–Crippen MR) is 28.3 cm³/mol. The van der Waals surface area contributed by atoms with Crippen molar-refractivity contribution in [3.8, 4) is 0 Å². The van der Waals surface area contributed by atoms with E-state index in [0.717, 1.165) is 0 Å². The topological polar surface area (TPSA) is 53.1 Å². The molecule has 0 bridgehead atoms. The van der Waals surface area contributed by atoms with E-state index in [1.54, 1.807) is 0 Å². The van der Waals surface area contributed by atoms with Gasteiger partial charge in [-0.2, -0.15) is 0 Å². The number of hydrogen-bond acceptors (Lipinski definition) is 2. The first kappa shape index (κ1) is 5.05. The average Bonchev–Trinajstić information content (AvgIpc) is 2.40. The maximum Gasteiger partial charge on any atom is 0.407 e. The first-order valence-electron chi connectivity index (χ1n) is 2.91. The van der Waals surface area contributed by atoms with Crippen LogP contribution >= 0.6 is 0 Å². The lowest BCUT2D eigenvalue weighted by atomic mass is 10.4. The highest BCUT2D eigenvalue weighted by molar-refractivity contribution is 5.65. The van der Waals surface area contributed by atoms with E-state index in [9.17, 15) is 4.79 Å². The number of likely N-dealkylation sites (tertiary alicyclic amines) is 1. The molecule has 0 aromatic rings. The summed E-state index contributed by atoms with van der Waals surface area (Å²) in [6.45, 7) is 1.14. The van der Waals surface area contributed by atoms with Gasteiger partial charge >= 0.3 is 6.09 Å². The Morgan fingerprint density at radius 3 is 2.44 bits per heavy atom. The van der Waals surface area contributed by atoms with E-state index >= 15 is 0 Å². The summed E-state index contributed by atoms with van der Waals surface area (Å²) in [5.41, 5.74) is 0. The van der Waals surface area contributed by atoms with E-state index in [4.69, 9.17) is 9.84 Å². The van der Waals surface area contributed by atoms with Crippen LogP contribution in [0.4, 0.5) is 4.79 Å². The van der Waals surface area contributed by atoms with Gasteiger partial charge in [-0.25, -0.2) is 4.79 Å². The molecule has 0 aliphatic carbocycles. The molecule has 1 N–H and O–H groups in total. The SMILES string of the molecule is O=C(O)N1CC2OC2C1. The Morgan fingerprint density at radius 2 is 2.11 bits per heavy atom. The van der Waals surface area contributed by atoms with Gasteiger partial charge in [0.2, 0.25) is 0 Å². The Kier molecular flexibility index (Phi) is 0.778. The van der Waals surface area contributed by atoms with E-state index in [0.29, 0.717) is 13.1 Å². The number of morpholine rings is 1. The van der Waals surface area contributed by atoms with E-state index in [1.807, 2.05) is 0 Å². The van der Waals surface area contributed by atoms with Crippen LogP contribution in [0.25, 0.3) is 0 Å². The van der Waals surface area contributed by atoms with Crippen molar-refractivity contribution in [1.82, 2.24) is 4.90 Å². The van der Waals surface area contributed by atoms with Crippen LogP contribution < -0.4 is 0 Å². The van der Waals surface area contributed by atoms with Crippen LogP contribution in [-0.4, -0.2) is 41.4 Å². The van der Waals surface area contributed by atoms with Gasteiger partial charge in [0, 0.05) is 0 Å². The van der Waals surface area contributed by atoms with Gasteiger partial charge in [-0.1, -0.05) is 0 Å².